The van der Waals surface area contributed by atoms with Crippen LogP contribution in [0.15, 0.2) is 35.2 Å². The van der Waals surface area contributed by atoms with Crippen molar-refractivity contribution >= 4 is 23.4 Å². The van der Waals surface area contributed by atoms with Crippen LogP contribution in [0.4, 0.5) is 0 Å². The zero-order valence-electron chi connectivity index (χ0n) is 24.0. The Bertz CT molecular complexity index is 989. The Morgan fingerprint density at radius 2 is 1.95 bits per heavy atom. The van der Waals surface area contributed by atoms with E-state index < -0.39 is 0 Å². The second-order valence-corrected chi connectivity index (χ2v) is 14.9. The predicted octanol–water partition coefficient (Wildman–Crippen LogP) is 9.71. The molecule has 3 fully saturated rings. The summed E-state index contributed by atoms with van der Waals surface area (Å²) < 4.78 is 5.93. The van der Waals surface area contributed by atoms with Gasteiger partial charge in [0.2, 0.25) is 0 Å². The standard InChI is InChI=1S/C34H50O2S/c1-23(2)8-6-9-24(3)29-14-15-30-28-13-11-25-22-26(36-32(35)16-12-27-10-7-21-37-27)17-19-33(25,4)31(28)18-20-34(29,30)5/h7,10-12,16,21,23-24,26,28-31H,6,8-9,13-15,17-20,22H2,1-5H3/b16-12+. The van der Waals surface area contributed by atoms with Crippen molar-refractivity contribution in [2.45, 2.75) is 111 Å². The molecule has 8 unspecified atom stereocenters. The molecule has 0 amide bonds. The fourth-order valence-electron chi connectivity index (χ4n) is 9.49. The molecule has 0 radical (unpaired) electrons. The lowest BCUT2D eigenvalue weighted by molar-refractivity contribution is -0.145. The van der Waals surface area contributed by atoms with Crippen LogP contribution in [-0.2, 0) is 9.53 Å². The van der Waals surface area contributed by atoms with Crippen LogP contribution < -0.4 is 0 Å². The van der Waals surface area contributed by atoms with Gasteiger partial charge in [-0.15, -0.1) is 11.3 Å². The second kappa shape index (κ2) is 11.0. The Hall–Kier alpha value is -1.35. The summed E-state index contributed by atoms with van der Waals surface area (Å²) in [4.78, 5) is 13.6. The molecule has 3 heteroatoms. The van der Waals surface area contributed by atoms with Gasteiger partial charge in [0.25, 0.3) is 0 Å². The van der Waals surface area contributed by atoms with Crippen LogP contribution >= 0.6 is 11.3 Å². The number of hydrogen-bond donors (Lipinski definition) is 0. The number of fused-ring (bicyclic) bond motifs is 5. The Labute approximate surface area is 230 Å². The van der Waals surface area contributed by atoms with E-state index in [-0.39, 0.29) is 12.1 Å². The fourth-order valence-corrected chi connectivity index (χ4v) is 10.1. The summed E-state index contributed by atoms with van der Waals surface area (Å²) >= 11 is 1.64. The maximum Gasteiger partial charge on any atom is 0.331 e. The number of rotatable bonds is 8. The van der Waals surface area contributed by atoms with Crippen molar-refractivity contribution in [1.29, 1.82) is 0 Å². The highest BCUT2D eigenvalue weighted by Gasteiger charge is 2.59. The third kappa shape index (κ3) is 5.41. The first-order valence-electron chi connectivity index (χ1n) is 15.3. The number of carbonyl (C=O) groups is 1. The van der Waals surface area contributed by atoms with E-state index in [9.17, 15) is 4.79 Å². The number of allylic oxidation sites excluding steroid dienone is 1. The molecular formula is C34H50O2S. The van der Waals surface area contributed by atoms with Gasteiger partial charge in [-0.1, -0.05) is 71.6 Å². The minimum Gasteiger partial charge on any atom is -0.459 e. The van der Waals surface area contributed by atoms with Crippen LogP contribution in [0.5, 0.6) is 0 Å². The van der Waals surface area contributed by atoms with Gasteiger partial charge in [-0.25, -0.2) is 4.79 Å². The Morgan fingerprint density at radius 1 is 1.11 bits per heavy atom. The lowest BCUT2D eigenvalue weighted by atomic mass is 9.47. The smallest absolute Gasteiger partial charge is 0.331 e. The normalized spacial score (nSPS) is 38.1. The van der Waals surface area contributed by atoms with Crippen molar-refractivity contribution in [2.75, 3.05) is 0 Å². The molecule has 4 aliphatic carbocycles. The molecule has 1 aromatic rings. The number of ether oxygens (including phenoxy) is 1. The molecule has 0 aromatic carbocycles. The van der Waals surface area contributed by atoms with Crippen LogP contribution in [0.3, 0.4) is 0 Å². The molecule has 0 saturated heterocycles. The van der Waals surface area contributed by atoms with Crippen molar-refractivity contribution in [1.82, 2.24) is 0 Å². The van der Waals surface area contributed by atoms with Crippen molar-refractivity contribution in [3.05, 3.63) is 40.1 Å². The van der Waals surface area contributed by atoms with E-state index in [1.165, 1.54) is 57.8 Å². The third-order valence-electron chi connectivity index (χ3n) is 11.5. The highest BCUT2D eigenvalue weighted by molar-refractivity contribution is 7.10. The molecule has 3 saturated carbocycles. The zero-order valence-corrected chi connectivity index (χ0v) is 24.8. The van der Waals surface area contributed by atoms with Crippen molar-refractivity contribution in [2.24, 2.45) is 46.3 Å². The van der Waals surface area contributed by atoms with Crippen molar-refractivity contribution in [3.8, 4) is 0 Å². The molecule has 5 rings (SSSR count). The Kier molecular flexibility index (Phi) is 8.11. The van der Waals surface area contributed by atoms with Gasteiger partial charge >= 0.3 is 5.97 Å². The van der Waals surface area contributed by atoms with E-state index in [1.807, 2.05) is 23.6 Å². The van der Waals surface area contributed by atoms with E-state index in [0.717, 1.165) is 53.2 Å². The number of thiophene rings is 1. The lowest BCUT2D eigenvalue weighted by Gasteiger charge is -2.58. The maximum absolute atomic E-state index is 12.5. The molecule has 0 spiro atoms. The van der Waals surface area contributed by atoms with Gasteiger partial charge in [0.15, 0.2) is 0 Å². The third-order valence-corrected chi connectivity index (χ3v) is 12.3. The molecule has 4 aliphatic rings. The van der Waals surface area contributed by atoms with Crippen LogP contribution in [0.1, 0.15) is 110 Å². The topological polar surface area (TPSA) is 26.3 Å². The summed E-state index contributed by atoms with van der Waals surface area (Å²) in [6, 6.07) is 4.04. The predicted molar refractivity (Wildman–Crippen MR) is 156 cm³/mol. The van der Waals surface area contributed by atoms with Gasteiger partial charge < -0.3 is 4.74 Å². The summed E-state index contributed by atoms with van der Waals surface area (Å²) in [6.07, 6.45) is 20.4. The van der Waals surface area contributed by atoms with E-state index >= 15 is 0 Å². The maximum atomic E-state index is 12.5. The number of esters is 1. The van der Waals surface area contributed by atoms with Gasteiger partial charge in [0.1, 0.15) is 6.10 Å². The molecular weight excluding hydrogens is 472 g/mol. The van der Waals surface area contributed by atoms with E-state index in [1.54, 1.807) is 23.0 Å². The zero-order chi connectivity index (χ0) is 26.2. The largest absolute Gasteiger partial charge is 0.459 e. The first-order valence-corrected chi connectivity index (χ1v) is 16.2. The molecule has 0 bridgehead atoms. The molecule has 0 aliphatic heterocycles. The molecule has 0 N–H and O–H groups in total. The van der Waals surface area contributed by atoms with E-state index in [2.05, 4.69) is 40.7 Å². The Morgan fingerprint density at radius 3 is 2.70 bits per heavy atom. The van der Waals surface area contributed by atoms with Crippen LogP contribution in [-0.4, -0.2) is 12.1 Å². The quantitative estimate of drug-likeness (QED) is 0.193. The van der Waals surface area contributed by atoms with Crippen LogP contribution in [0.2, 0.25) is 0 Å². The average molecular weight is 523 g/mol. The summed E-state index contributed by atoms with van der Waals surface area (Å²) in [5, 5.41) is 2.03. The average Bonchev–Trinajstić information content (AvgIpc) is 3.50. The van der Waals surface area contributed by atoms with Crippen LogP contribution in [0, 0.1) is 46.3 Å². The van der Waals surface area contributed by atoms with Gasteiger partial charge in [0, 0.05) is 17.4 Å². The minimum absolute atomic E-state index is 0.0350. The lowest BCUT2D eigenvalue weighted by Crippen LogP contribution is -2.51. The Balaban J connectivity index is 1.22. The molecule has 37 heavy (non-hydrogen) atoms. The van der Waals surface area contributed by atoms with Gasteiger partial charge in [-0.05, 0) is 109 Å². The molecule has 8 atom stereocenters. The first-order chi connectivity index (χ1) is 17.7. The summed E-state index contributed by atoms with van der Waals surface area (Å²) in [5.74, 6) is 5.00. The van der Waals surface area contributed by atoms with Crippen LogP contribution in [0.25, 0.3) is 6.08 Å². The van der Waals surface area contributed by atoms with Crippen molar-refractivity contribution < 1.29 is 9.53 Å². The first kappa shape index (κ1) is 27.2. The number of carbonyl (C=O) groups excluding carboxylic acids is 1. The summed E-state index contributed by atoms with van der Waals surface area (Å²) in [7, 11) is 0. The van der Waals surface area contributed by atoms with Crippen molar-refractivity contribution in [3.63, 3.8) is 0 Å². The summed E-state index contributed by atoms with van der Waals surface area (Å²) in [6.45, 7) is 12.6. The number of hydrogen-bond acceptors (Lipinski definition) is 3. The van der Waals surface area contributed by atoms with E-state index in [4.69, 9.17) is 4.74 Å². The molecule has 204 valence electrons. The van der Waals surface area contributed by atoms with E-state index in [0.29, 0.717) is 10.8 Å². The highest BCUT2D eigenvalue weighted by atomic mass is 32.1. The van der Waals surface area contributed by atoms with Gasteiger partial charge in [0.05, 0.1) is 0 Å². The summed E-state index contributed by atoms with van der Waals surface area (Å²) in [5.41, 5.74) is 2.45. The van der Waals surface area contributed by atoms with Gasteiger partial charge in [-0.2, -0.15) is 0 Å². The minimum atomic E-state index is -0.191. The molecule has 1 aromatic heterocycles. The molecule has 2 nitrogen and oxygen atoms in total. The SMILES string of the molecule is CC(C)CCCC(C)C1CCC2C3CC=C4CC(OC(=O)/C=C/c5cccs5)CCC4(C)C3CCC12C. The second-order valence-electron chi connectivity index (χ2n) is 13.9. The highest BCUT2D eigenvalue weighted by Crippen LogP contribution is 2.67. The molecule has 1 heterocycles. The van der Waals surface area contributed by atoms with Gasteiger partial charge in [-0.3, -0.25) is 0 Å². The monoisotopic (exact) mass is 522 g/mol. The fraction of sp³-hybridized carbons (Fsp3) is 0.735.